The van der Waals surface area contributed by atoms with Crippen LogP contribution in [0.1, 0.15) is 34.8 Å². The number of alkyl halides is 1. The molecule has 1 atom stereocenters. The minimum atomic E-state index is -1.10. The lowest BCUT2D eigenvalue weighted by molar-refractivity contribution is -0.143. The lowest BCUT2D eigenvalue weighted by Crippen LogP contribution is -2.33. The van der Waals surface area contributed by atoms with Crippen LogP contribution in [0, 0.1) is 0 Å². The van der Waals surface area contributed by atoms with E-state index in [4.69, 9.17) is 11.6 Å². The second kappa shape index (κ2) is 6.75. The van der Waals surface area contributed by atoms with Crippen molar-refractivity contribution in [2.24, 2.45) is 0 Å². The number of carbonyl (C=O) groups is 2. The summed E-state index contributed by atoms with van der Waals surface area (Å²) in [5.41, 5.74) is 0.538. The van der Waals surface area contributed by atoms with Gasteiger partial charge in [0, 0.05) is 17.0 Å². The Kier molecular flexibility index (Phi) is 4.99. The monoisotopic (exact) mass is 316 g/mol. The summed E-state index contributed by atoms with van der Waals surface area (Å²) in [6.45, 7) is 1.63. The zero-order valence-corrected chi connectivity index (χ0v) is 13.0. The van der Waals surface area contributed by atoms with Gasteiger partial charge in [-0.3, -0.25) is 9.59 Å². The van der Waals surface area contributed by atoms with Crippen molar-refractivity contribution < 1.29 is 14.7 Å². The maximum atomic E-state index is 12.5. The fraction of sp³-hybridized carbons (Fsp3) is 0.222. The molecule has 0 aliphatic carbocycles. The van der Waals surface area contributed by atoms with Gasteiger partial charge in [-0.2, -0.15) is 0 Å². The van der Waals surface area contributed by atoms with E-state index in [0.29, 0.717) is 23.1 Å². The molecule has 2 aromatic carbocycles. The number of rotatable bonds is 6. The third kappa shape index (κ3) is 3.20. The molecule has 0 bridgehead atoms. The average molecular weight is 317 g/mol. The van der Waals surface area contributed by atoms with Gasteiger partial charge in [-0.15, -0.1) is 11.6 Å². The second-order valence-electron chi connectivity index (χ2n) is 5.35. The quantitative estimate of drug-likeness (QED) is 0.650. The fourth-order valence-corrected chi connectivity index (χ4v) is 2.70. The second-order valence-corrected chi connectivity index (χ2v) is 5.73. The number of halogens is 1. The van der Waals surface area contributed by atoms with Crippen LogP contribution in [-0.2, 0) is 10.2 Å². The summed E-state index contributed by atoms with van der Waals surface area (Å²) in [4.78, 5) is 24.1. The molecule has 3 nitrogen and oxygen atoms in total. The Morgan fingerprint density at radius 2 is 1.68 bits per heavy atom. The first-order valence-electron chi connectivity index (χ1n) is 6.98. The number of aliphatic carboxylic acids is 1. The SMILES string of the molecule is CC(CCCl)(C(=O)O)c1cccc(C(=O)c2ccccc2)c1. The Bertz CT molecular complexity index is 682. The van der Waals surface area contributed by atoms with Gasteiger partial charge in [0.25, 0.3) is 0 Å². The van der Waals surface area contributed by atoms with E-state index in [-0.39, 0.29) is 11.7 Å². The molecule has 1 N–H and O–H groups in total. The van der Waals surface area contributed by atoms with Gasteiger partial charge in [0.1, 0.15) is 0 Å². The van der Waals surface area contributed by atoms with Crippen molar-refractivity contribution in [3.63, 3.8) is 0 Å². The van der Waals surface area contributed by atoms with E-state index < -0.39 is 11.4 Å². The van der Waals surface area contributed by atoms with Crippen LogP contribution in [-0.4, -0.2) is 22.7 Å². The highest BCUT2D eigenvalue weighted by Crippen LogP contribution is 2.29. The van der Waals surface area contributed by atoms with Crippen LogP contribution in [0.3, 0.4) is 0 Å². The molecule has 4 heteroatoms. The molecule has 0 radical (unpaired) electrons. The number of carbonyl (C=O) groups excluding carboxylic acids is 1. The molecule has 1 unspecified atom stereocenters. The van der Waals surface area contributed by atoms with E-state index >= 15 is 0 Å². The van der Waals surface area contributed by atoms with Crippen molar-refractivity contribution in [3.8, 4) is 0 Å². The van der Waals surface area contributed by atoms with Crippen molar-refractivity contribution in [3.05, 3.63) is 71.3 Å². The summed E-state index contributed by atoms with van der Waals surface area (Å²) in [7, 11) is 0. The maximum Gasteiger partial charge on any atom is 0.313 e. The van der Waals surface area contributed by atoms with Crippen LogP contribution >= 0.6 is 11.6 Å². The molecule has 0 spiro atoms. The van der Waals surface area contributed by atoms with E-state index in [9.17, 15) is 14.7 Å². The molecule has 22 heavy (non-hydrogen) atoms. The van der Waals surface area contributed by atoms with Gasteiger partial charge in [0.05, 0.1) is 5.41 Å². The maximum absolute atomic E-state index is 12.5. The molecule has 0 amide bonds. The molecule has 0 aliphatic rings. The number of hydrogen-bond donors (Lipinski definition) is 1. The average Bonchev–Trinajstić information content (AvgIpc) is 2.55. The van der Waals surface area contributed by atoms with Crippen molar-refractivity contribution in [2.45, 2.75) is 18.8 Å². The Morgan fingerprint density at radius 3 is 2.27 bits per heavy atom. The highest BCUT2D eigenvalue weighted by atomic mass is 35.5. The first kappa shape index (κ1) is 16.2. The van der Waals surface area contributed by atoms with Gasteiger partial charge < -0.3 is 5.11 Å². The van der Waals surface area contributed by atoms with Crippen LogP contribution < -0.4 is 0 Å². The molecular weight excluding hydrogens is 300 g/mol. The lowest BCUT2D eigenvalue weighted by Gasteiger charge is -2.24. The summed E-state index contributed by atoms with van der Waals surface area (Å²) in [6, 6.07) is 15.7. The molecule has 114 valence electrons. The molecule has 0 aliphatic heterocycles. The number of hydrogen-bond acceptors (Lipinski definition) is 2. The number of benzene rings is 2. The third-order valence-corrected chi connectivity index (χ3v) is 4.05. The van der Waals surface area contributed by atoms with Crippen LogP contribution in [0.4, 0.5) is 0 Å². The van der Waals surface area contributed by atoms with Gasteiger partial charge in [-0.05, 0) is 25.0 Å². The molecule has 0 aromatic heterocycles. The van der Waals surface area contributed by atoms with Crippen LogP contribution in [0.5, 0.6) is 0 Å². The van der Waals surface area contributed by atoms with Gasteiger partial charge in [-0.25, -0.2) is 0 Å². The van der Waals surface area contributed by atoms with Crippen LogP contribution in [0.2, 0.25) is 0 Å². The first-order chi connectivity index (χ1) is 10.5. The largest absolute Gasteiger partial charge is 0.481 e. The molecule has 2 rings (SSSR count). The van der Waals surface area contributed by atoms with Crippen molar-refractivity contribution >= 4 is 23.4 Å². The van der Waals surface area contributed by atoms with Crippen LogP contribution in [0.15, 0.2) is 54.6 Å². The van der Waals surface area contributed by atoms with E-state index in [0.717, 1.165) is 0 Å². The van der Waals surface area contributed by atoms with Gasteiger partial charge in [0.15, 0.2) is 5.78 Å². The Hall–Kier alpha value is -2.13. The van der Waals surface area contributed by atoms with Gasteiger partial charge >= 0.3 is 5.97 Å². The van der Waals surface area contributed by atoms with E-state index in [1.165, 1.54) is 0 Å². The molecule has 0 fully saturated rings. The predicted molar refractivity (Wildman–Crippen MR) is 86.6 cm³/mol. The standard InChI is InChI=1S/C18H17ClO3/c1-18(10-11-19,17(21)22)15-9-5-8-14(12-15)16(20)13-6-3-2-4-7-13/h2-9,12H,10-11H2,1H3,(H,21,22). The number of carboxylic acids is 1. The zero-order valence-electron chi connectivity index (χ0n) is 12.3. The summed E-state index contributed by atoms with van der Waals surface area (Å²) >= 11 is 5.75. The Balaban J connectivity index is 2.42. The molecule has 0 saturated carbocycles. The third-order valence-electron chi connectivity index (χ3n) is 3.86. The lowest BCUT2D eigenvalue weighted by atomic mass is 9.79. The van der Waals surface area contributed by atoms with Gasteiger partial charge in [-0.1, -0.05) is 48.5 Å². The van der Waals surface area contributed by atoms with E-state index in [2.05, 4.69) is 0 Å². The summed E-state index contributed by atoms with van der Waals surface area (Å²) in [5, 5.41) is 9.52. The molecular formula is C18H17ClO3. The number of carboxylic acid groups (broad SMARTS) is 1. The Labute approximate surface area is 134 Å². The minimum Gasteiger partial charge on any atom is -0.481 e. The topological polar surface area (TPSA) is 54.4 Å². The highest BCUT2D eigenvalue weighted by Gasteiger charge is 2.34. The zero-order chi connectivity index (χ0) is 16.2. The fourth-order valence-electron chi connectivity index (χ4n) is 2.32. The minimum absolute atomic E-state index is 0.124. The van der Waals surface area contributed by atoms with Crippen molar-refractivity contribution in [1.29, 1.82) is 0 Å². The Morgan fingerprint density at radius 1 is 1.05 bits per heavy atom. The summed E-state index contributed by atoms with van der Waals surface area (Å²) in [5.74, 6) is -0.835. The number of ketones is 1. The van der Waals surface area contributed by atoms with Crippen molar-refractivity contribution in [2.75, 3.05) is 5.88 Å². The molecule has 0 heterocycles. The van der Waals surface area contributed by atoms with Gasteiger partial charge in [0.2, 0.25) is 0 Å². The molecule has 0 saturated heterocycles. The van der Waals surface area contributed by atoms with E-state index in [1.807, 2.05) is 6.07 Å². The smallest absolute Gasteiger partial charge is 0.313 e. The summed E-state index contributed by atoms with van der Waals surface area (Å²) in [6.07, 6.45) is 0.298. The molecule has 2 aromatic rings. The predicted octanol–water partition coefficient (Wildman–Crippen LogP) is 3.89. The van der Waals surface area contributed by atoms with E-state index in [1.54, 1.807) is 55.5 Å². The highest BCUT2D eigenvalue weighted by molar-refractivity contribution is 6.18. The van der Waals surface area contributed by atoms with Crippen molar-refractivity contribution in [1.82, 2.24) is 0 Å². The normalized spacial score (nSPS) is 13.4. The first-order valence-corrected chi connectivity index (χ1v) is 7.52. The summed E-state index contributed by atoms with van der Waals surface area (Å²) < 4.78 is 0. The van der Waals surface area contributed by atoms with Crippen LogP contribution in [0.25, 0.3) is 0 Å².